The first-order valence-electron chi connectivity index (χ1n) is 6.35. The number of hydrogen-bond donors (Lipinski definition) is 1. The highest BCUT2D eigenvalue weighted by Gasteiger charge is 2.17. The zero-order valence-electron chi connectivity index (χ0n) is 10.2. The number of carbonyl (C=O) groups excluding carboxylic acids is 1. The second-order valence-electron chi connectivity index (χ2n) is 4.61. The van der Waals surface area contributed by atoms with Crippen molar-refractivity contribution in [2.45, 2.75) is 32.2 Å². The monoisotopic (exact) mass is 232 g/mol. The number of nitrogens with zero attached hydrogens (tertiary/aromatic N) is 1. The number of hydrogen-bond acceptors (Lipinski definition) is 2. The van der Waals surface area contributed by atoms with Crippen LogP contribution in [0.25, 0.3) is 0 Å². The van der Waals surface area contributed by atoms with Crippen molar-refractivity contribution in [3.05, 3.63) is 35.4 Å². The van der Waals surface area contributed by atoms with Gasteiger partial charge in [0.15, 0.2) is 0 Å². The van der Waals surface area contributed by atoms with E-state index in [0.717, 1.165) is 44.3 Å². The Morgan fingerprint density at radius 1 is 1.12 bits per heavy atom. The number of rotatable bonds is 4. The summed E-state index contributed by atoms with van der Waals surface area (Å²) in [7, 11) is 0. The molecule has 2 N–H and O–H groups in total. The third-order valence-electron chi connectivity index (χ3n) is 3.35. The molecule has 17 heavy (non-hydrogen) atoms. The number of carbonyl (C=O) groups is 1. The van der Waals surface area contributed by atoms with Gasteiger partial charge in [-0.3, -0.25) is 4.79 Å². The fourth-order valence-corrected chi connectivity index (χ4v) is 2.20. The Morgan fingerprint density at radius 2 is 1.82 bits per heavy atom. The lowest BCUT2D eigenvalue weighted by atomic mass is 10.1. The Labute approximate surface area is 103 Å². The number of amides is 1. The number of likely N-dealkylation sites (tertiary alicyclic amines) is 1. The first-order chi connectivity index (χ1) is 8.29. The molecule has 92 valence electrons. The highest BCUT2D eigenvalue weighted by atomic mass is 16.2. The maximum atomic E-state index is 11.6. The van der Waals surface area contributed by atoms with Crippen LogP contribution in [-0.2, 0) is 17.8 Å². The van der Waals surface area contributed by atoms with Crippen LogP contribution in [0.3, 0.4) is 0 Å². The van der Waals surface area contributed by atoms with Crippen LogP contribution in [0.5, 0.6) is 0 Å². The predicted molar refractivity (Wildman–Crippen MR) is 68.5 cm³/mol. The molecule has 1 aliphatic rings. The van der Waals surface area contributed by atoms with Crippen LogP contribution >= 0.6 is 0 Å². The van der Waals surface area contributed by atoms with Crippen molar-refractivity contribution in [1.29, 1.82) is 0 Å². The molecule has 0 radical (unpaired) electrons. The molecule has 0 saturated carbocycles. The zero-order chi connectivity index (χ0) is 12.1. The normalized spacial score (nSPS) is 16.3. The lowest BCUT2D eigenvalue weighted by Crippen LogP contribution is -2.36. The van der Waals surface area contributed by atoms with Gasteiger partial charge in [-0.1, -0.05) is 24.3 Å². The molecule has 3 heteroatoms. The van der Waals surface area contributed by atoms with Gasteiger partial charge in [0.05, 0.1) is 0 Å². The Hall–Kier alpha value is -1.35. The highest BCUT2D eigenvalue weighted by Crippen LogP contribution is 2.12. The molecule has 1 aromatic carbocycles. The van der Waals surface area contributed by atoms with E-state index < -0.39 is 0 Å². The lowest BCUT2D eigenvalue weighted by Gasteiger charge is -2.26. The van der Waals surface area contributed by atoms with Gasteiger partial charge in [0.25, 0.3) is 0 Å². The fourth-order valence-electron chi connectivity index (χ4n) is 2.20. The average Bonchev–Trinajstić information content (AvgIpc) is 2.38. The summed E-state index contributed by atoms with van der Waals surface area (Å²) in [5.41, 5.74) is 7.99. The van der Waals surface area contributed by atoms with Gasteiger partial charge in [-0.05, 0) is 30.4 Å². The van der Waals surface area contributed by atoms with E-state index in [2.05, 4.69) is 24.3 Å². The Morgan fingerprint density at radius 3 is 2.47 bits per heavy atom. The van der Waals surface area contributed by atoms with E-state index in [9.17, 15) is 4.79 Å². The SMILES string of the molecule is NCc1ccc(CCN2CCCCC2=O)cc1. The Balaban J connectivity index is 1.86. The molecule has 1 heterocycles. The number of piperidine rings is 1. The van der Waals surface area contributed by atoms with Crippen molar-refractivity contribution in [3.8, 4) is 0 Å². The standard InChI is InChI=1S/C14H20N2O/c15-11-13-6-4-12(5-7-13)8-10-16-9-2-1-3-14(16)17/h4-7H,1-3,8-11,15H2. The van der Waals surface area contributed by atoms with Crippen molar-refractivity contribution in [2.75, 3.05) is 13.1 Å². The first-order valence-corrected chi connectivity index (χ1v) is 6.35. The minimum absolute atomic E-state index is 0.315. The van der Waals surface area contributed by atoms with Crippen LogP contribution in [-0.4, -0.2) is 23.9 Å². The van der Waals surface area contributed by atoms with Gasteiger partial charge < -0.3 is 10.6 Å². The van der Waals surface area contributed by atoms with E-state index in [0.29, 0.717) is 12.5 Å². The van der Waals surface area contributed by atoms with Gasteiger partial charge in [-0.25, -0.2) is 0 Å². The van der Waals surface area contributed by atoms with E-state index in [1.807, 2.05) is 4.90 Å². The fraction of sp³-hybridized carbons (Fsp3) is 0.500. The summed E-state index contributed by atoms with van der Waals surface area (Å²) in [4.78, 5) is 13.6. The lowest BCUT2D eigenvalue weighted by molar-refractivity contribution is -0.133. The third kappa shape index (κ3) is 3.30. The molecule has 0 unspecified atom stereocenters. The Bertz CT molecular complexity index is 372. The second kappa shape index (κ2) is 5.82. The molecule has 1 fully saturated rings. The van der Waals surface area contributed by atoms with Crippen LogP contribution in [0.4, 0.5) is 0 Å². The summed E-state index contributed by atoms with van der Waals surface area (Å²) in [5.74, 6) is 0.315. The van der Waals surface area contributed by atoms with Crippen LogP contribution in [0.15, 0.2) is 24.3 Å². The van der Waals surface area contributed by atoms with Gasteiger partial charge in [-0.15, -0.1) is 0 Å². The van der Waals surface area contributed by atoms with Crippen molar-refractivity contribution in [2.24, 2.45) is 5.73 Å². The van der Waals surface area contributed by atoms with Gasteiger partial charge in [0.1, 0.15) is 0 Å². The molecule has 1 saturated heterocycles. The van der Waals surface area contributed by atoms with E-state index >= 15 is 0 Å². The molecule has 0 aliphatic carbocycles. The van der Waals surface area contributed by atoms with Crippen LogP contribution in [0.1, 0.15) is 30.4 Å². The van der Waals surface area contributed by atoms with E-state index in [-0.39, 0.29) is 0 Å². The molecule has 0 aromatic heterocycles. The summed E-state index contributed by atoms with van der Waals surface area (Å²) in [6.45, 7) is 2.37. The second-order valence-corrected chi connectivity index (χ2v) is 4.61. The smallest absolute Gasteiger partial charge is 0.222 e. The van der Waals surface area contributed by atoms with Crippen molar-refractivity contribution in [3.63, 3.8) is 0 Å². The molecule has 3 nitrogen and oxygen atoms in total. The molecule has 1 amide bonds. The number of benzene rings is 1. The summed E-state index contributed by atoms with van der Waals surface area (Å²) in [6, 6.07) is 8.34. The van der Waals surface area contributed by atoms with Gasteiger partial charge in [0.2, 0.25) is 5.91 Å². The molecule has 2 rings (SSSR count). The first kappa shape index (κ1) is 12.1. The summed E-state index contributed by atoms with van der Waals surface area (Å²) in [5, 5.41) is 0. The maximum Gasteiger partial charge on any atom is 0.222 e. The zero-order valence-corrected chi connectivity index (χ0v) is 10.2. The van der Waals surface area contributed by atoms with E-state index in [4.69, 9.17) is 5.73 Å². The largest absolute Gasteiger partial charge is 0.342 e. The van der Waals surface area contributed by atoms with E-state index in [1.54, 1.807) is 0 Å². The van der Waals surface area contributed by atoms with Crippen LogP contribution in [0.2, 0.25) is 0 Å². The Kier molecular flexibility index (Phi) is 4.15. The van der Waals surface area contributed by atoms with Crippen LogP contribution in [0, 0.1) is 0 Å². The third-order valence-corrected chi connectivity index (χ3v) is 3.35. The molecule has 1 aromatic rings. The molecule has 0 atom stereocenters. The molecule has 0 spiro atoms. The maximum absolute atomic E-state index is 11.6. The molecule has 1 aliphatic heterocycles. The highest BCUT2D eigenvalue weighted by molar-refractivity contribution is 5.76. The average molecular weight is 232 g/mol. The summed E-state index contributed by atoms with van der Waals surface area (Å²) in [6.07, 6.45) is 3.88. The van der Waals surface area contributed by atoms with Gasteiger partial charge >= 0.3 is 0 Å². The minimum Gasteiger partial charge on any atom is -0.342 e. The molecule has 0 bridgehead atoms. The minimum atomic E-state index is 0.315. The number of nitrogens with two attached hydrogens (primary N) is 1. The van der Waals surface area contributed by atoms with Crippen molar-refractivity contribution in [1.82, 2.24) is 4.90 Å². The van der Waals surface area contributed by atoms with Crippen molar-refractivity contribution >= 4 is 5.91 Å². The van der Waals surface area contributed by atoms with E-state index in [1.165, 1.54) is 5.56 Å². The quantitative estimate of drug-likeness (QED) is 0.859. The topological polar surface area (TPSA) is 46.3 Å². The summed E-state index contributed by atoms with van der Waals surface area (Å²) < 4.78 is 0. The summed E-state index contributed by atoms with van der Waals surface area (Å²) >= 11 is 0. The van der Waals surface area contributed by atoms with Gasteiger partial charge in [0, 0.05) is 26.1 Å². The predicted octanol–water partition coefficient (Wildman–Crippen LogP) is 1.70. The molecular weight excluding hydrogens is 212 g/mol. The molecular formula is C14H20N2O. The van der Waals surface area contributed by atoms with Gasteiger partial charge in [-0.2, -0.15) is 0 Å². The van der Waals surface area contributed by atoms with Crippen molar-refractivity contribution < 1.29 is 4.79 Å². The van der Waals surface area contributed by atoms with Crippen LogP contribution < -0.4 is 5.73 Å².